The number of hydrogen-bond acceptors (Lipinski definition) is 10. The Balaban J connectivity index is 2.03. The fourth-order valence-electron chi connectivity index (χ4n) is 3.53. The van der Waals surface area contributed by atoms with E-state index in [1.165, 1.54) is 43.1 Å². The van der Waals surface area contributed by atoms with E-state index in [0.717, 1.165) is 4.31 Å². The lowest BCUT2D eigenvalue weighted by Gasteiger charge is -2.35. The standard InChI is InChI=1S/C24H33N5O9S/c1-7-28-13-20(22(27-28)36-14-21(31)35-6)39(33,34)29-12-17(11-25-15(2)30)37-19-9-8-16(10-18(19)29)26-23(32)38-24(3,4)5/h8-10,13,17H,7,11-12,14H2,1-6H3,(H,25,30)(H,26,32). The van der Waals surface area contributed by atoms with Gasteiger partial charge in [-0.3, -0.25) is 19.1 Å². The van der Waals surface area contributed by atoms with E-state index < -0.39 is 40.4 Å². The summed E-state index contributed by atoms with van der Waals surface area (Å²) in [4.78, 5) is 35.2. The molecule has 3 rings (SSSR count). The Morgan fingerprint density at radius 2 is 1.95 bits per heavy atom. The van der Waals surface area contributed by atoms with Crippen LogP contribution < -0.4 is 24.4 Å². The van der Waals surface area contributed by atoms with Crippen molar-refractivity contribution >= 4 is 39.4 Å². The molecule has 1 unspecified atom stereocenters. The summed E-state index contributed by atoms with van der Waals surface area (Å²) in [5, 5.41) is 9.36. The van der Waals surface area contributed by atoms with E-state index in [-0.39, 0.29) is 46.9 Å². The molecule has 1 aliphatic heterocycles. The lowest BCUT2D eigenvalue weighted by atomic mass is 10.2. The highest BCUT2D eigenvalue weighted by Crippen LogP contribution is 2.40. The van der Waals surface area contributed by atoms with E-state index in [1.807, 2.05) is 0 Å². The summed E-state index contributed by atoms with van der Waals surface area (Å²) in [6, 6.07) is 4.48. The average Bonchev–Trinajstić information content (AvgIpc) is 3.28. The number of hydrogen-bond donors (Lipinski definition) is 2. The molecule has 15 heteroatoms. The minimum Gasteiger partial charge on any atom is -0.484 e. The van der Waals surface area contributed by atoms with Crippen LogP contribution in [0.15, 0.2) is 29.3 Å². The zero-order valence-electron chi connectivity index (χ0n) is 22.6. The highest BCUT2D eigenvalue weighted by Gasteiger charge is 2.38. The fraction of sp³-hybridized carbons (Fsp3) is 0.500. The largest absolute Gasteiger partial charge is 0.484 e. The molecule has 0 spiro atoms. The van der Waals surface area contributed by atoms with Crippen molar-refractivity contribution in [2.75, 3.05) is 36.4 Å². The van der Waals surface area contributed by atoms with Crippen LogP contribution in [-0.2, 0) is 35.6 Å². The number of aromatic nitrogens is 2. The SMILES string of the molecule is CCn1cc(S(=O)(=O)N2CC(CNC(C)=O)Oc3ccc(NC(=O)OC(C)(C)C)cc32)c(OCC(=O)OC)n1. The van der Waals surface area contributed by atoms with Gasteiger partial charge in [0.05, 0.1) is 25.9 Å². The predicted octanol–water partition coefficient (Wildman–Crippen LogP) is 1.89. The zero-order chi connectivity index (χ0) is 29.0. The first-order valence-electron chi connectivity index (χ1n) is 12.1. The molecule has 0 saturated carbocycles. The summed E-state index contributed by atoms with van der Waals surface area (Å²) in [7, 11) is -3.18. The molecule has 2 N–H and O–H groups in total. The third-order valence-corrected chi connectivity index (χ3v) is 7.02. The summed E-state index contributed by atoms with van der Waals surface area (Å²) in [5.41, 5.74) is -0.349. The first-order chi connectivity index (χ1) is 18.2. The summed E-state index contributed by atoms with van der Waals surface area (Å²) < 4.78 is 51.7. The number of carbonyl (C=O) groups is 3. The Hall–Kier alpha value is -4.01. The maximum atomic E-state index is 14.0. The van der Waals surface area contributed by atoms with Crippen LogP contribution in [0.1, 0.15) is 34.6 Å². The van der Waals surface area contributed by atoms with E-state index in [2.05, 4.69) is 20.5 Å². The van der Waals surface area contributed by atoms with Crippen molar-refractivity contribution in [2.45, 2.75) is 57.8 Å². The van der Waals surface area contributed by atoms with E-state index in [0.29, 0.717) is 6.54 Å². The molecule has 2 aromatic rings. The van der Waals surface area contributed by atoms with Gasteiger partial charge in [-0.05, 0) is 45.9 Å². The minimum atomic E-state index is -4.36. The van der Waals surface area contributed by atoms with Gasteiger partial charge in [-0.2, -0.15) is 0 Å². The van der Waals surface area contributed by atoms with Crippen LogP contribution >= 0.6 is 0 Å². The number of nitrogens with one attached hydrogen (secondary N) is 2. The van der Waals surface area contributed by atoms with Gasteiger partial charge in [-0.25, -0.2) is 18.0 Å². The Labute approximate surface area is 226 Å². The van der Waals surface area contributed by atoms with Gasteiger partial charge in [0.1, 0.15) is 17.5 Å². The molecule has 14 nitrogen and oxygen atoms in total. The molecule has 214 valence electrons. The molecule has 39 heavy (non-hydrogen) atoms. The summed E-state index contributed by atoms with van der Waals surface area (Å²) >= 11 is 0. The van der Waals surface area contributed by atoms with Crippen molar-refractivity contribution in [1.29, 1.82) is 0 Å². The highest BCUT2D eigenvalue weighted by atomic mass is 32.2. The Kier molecular flexibility index (Phi) is 8.94. The molecule has 1 aliphatic rings. The van der Waals surface area contributed by atoms with Crippen molar-refractivity contribution in [2.24, 2.45) is 0 Å². The molecule has 0 aliphatic carbocycles. The smallest absolute Gasteiger partial charge is 0.412 e. The van der Waals surface area contributed by atoms with Crippen LogP contribution in [0.4, 0.5) is 16.2 Å². The third kappa shape index (κ3) is 7.52. The van der Waals surface area contributed by atoms with Crippen LogP contribution in [0.25, 0.3) is 0 Å². The Morgan fingerprint density at radius 3 is 2.56 bits per heavy atom. The van der Waals surface area contributed by atoms with Crippen LogP contribution in [0.2, 0.25) is 0 Å². The lowest BCUT2D eigenvalue weighted by Crippen LogP contribution is -2.48. The van der Waals surface area contributed by atoms with Crippen molar-refractivity contribution in [1.82, 2.24) is 15.1 Å². The third-order valence-electron chi connectivity index (χ3n) is 5.26. The van der Waals surface area contributed by atoms with Crippen LogP contribution in [0.5, 0.6) is 11.6 Å². The van der Waals surface area contributed by atoms with E-state index in [1.54, 1.807) is 27.7 Å². The van der Waals surface area contributed by atoms with Gasteiger partial charge in [0.2, 0.25) is 5.91 Å². The second kappa shape index (κ2) is 11.8. The maximum absolute atomic E-state index is 14.0. The lowest BCUT2D eigenvalue weighted by molar-refractivity contribution is -0.143. The molecule has 1 aromatic heterocycles. The molecule has 1 aromatic carbocycles. The van der Waals surface area contributed by atoms with Crippen molar-refractivity contribution in [3.63, 3.8) is 0 Å². The van der Waals surface area contributed by atoms with E-state index in [9.17, 15) is 22.8 Å². The van der Waals surface area contributed by atoms with E-state index in [4.69, 9.17) is 14.2 Å². The number of ether oxygens (including phenoxy) is 4. The second-order valence-corrected chi connectivity index (χ2v) is 11.4. The monoisotopic (exact) mass is 567 g/mol. The highest BCUT2D eigenvalue weighted by molar-refractivity contribution is 7.93. The topological polar surface area (TPSA) is 167 Å². The maximum Gasteiger partial charge on any atom is 0.412 e. The van der Waals surface area contributed by atoms with Crippen LogP contribution in [0.3, 0.4) is 0 Å². The molecular formula is C24H33N5O9S. The molecular weight excluding hydrogens is 534 g/mol. The summed E-state index contributed by atoms with van der Waals surface area (Å²) in [6.45, 7) is 7.89. The van der Waals surface area contributed by atoms with Crippen LogP contribution in [0, 0.1) is 0 Å². The number of amides is 2. The number of benzene rings is 1. The number of aryl methyl sites for hydroxylation is 1. The van der Waals surface area contributed by atoms with Gasteiger partial charge in [0, 0.05) is 25.4 Å². The number of esters is 1. The van der Waals surface area contributed by atoms with Gasteiger partial charge < -0.3 is 24.3 Å². The number of fused-ring (bicyclic) bond motifs is 1. The molecule has 0 radical (unpaired) electrons. The average molecular weight is 568 g/mol. The first-order valence-corrected chi connectivity index (χ1v) is 13.5. The first kappa shape index (κ1) is 29.5. The van der Waals surface area contributed by atoms with Gasteiger partial charge in [0.15, 0.2) is 11.5 Å². The molecule has 0 saturated heterocycles. The van der Waals surface area contributed by atoms with Crippen molar-refractivity contribution in [3.8, 4) is 11.6 Å². The number of rotatable bonds is 9. The summed E-state index contributed by atoms with van der Waals surface area (Å²) in [5.74, 6) is -1.10. The van der Waals surface area contributed by atoms with Crippen molar-refractivity contribution < 1.29 is 41.7 Å². The van der Waals surface area contributed by atoms with Crippen molar-refractivity contribution in [3.05, 3.63) is 24.4 Å². The van der Waals surface area contributed by atoms with E-state index >= 15 is 0 Å². The van der Waals surface area contributed by atoms with Crippen LogP contribution in [-0.4, -0.2) is 74.7 Å². The van der Waals surface area contributed by atoms with Gasteiger partial charge in [0.25, 0.3) is 15.9 Å². The number of sulfonamides is 1. The number of anilines is 2. The predicted molar refractivity (Wildman–Crippen MR) is 139 cm³/mol. The van der Waals surface area contributed by atoms with Gasteiger partial charge in [-0.15, -0.1) is 5.10 Å². The van der Waals surface area contributed by atoms with Gasteiger partial charge >= 0.3 is 12.1 Å². The fourth-order valence-corrected chi connectivity index (χ4v) is 5.11. The molecule has 0 bridgehead atoms. The summed E-state index contributed by atoms with van der Waals surface area (Å²) in [6.07, 6.45) is -0.163. The van der Waals surface area contributed by atoms with Gasteiger partial charge in [-0.1, -0.05) is 0 Å². The number of methoxy groups -OCH3 is 1. The molecule has 2 heterocycles. The minimum absolute atomic E-state index is 0.0403. The number of carbonyl (C=O) groups excluding carboxylic acids is 3. The quantitative estimate of drug-likeness (QED) is 0.427. The molecule has 0 fully saturated rings. The Bertz CT molecular complexity index is 1330. The Morgan fingerprint density at radius 1 is 1.23 bits per heavy atom. The normalized spacial score (nSPS) is 15.0. The molecule has 2 amide bonds. The number of nitrogens with zero attached hydrogens (tertiary/aromatic N) is 3. The zero-order valence-corrected chi connectivity index (χ0v) is 23.5. The molecule has 1 atom stereocenters. The second-order valence-electron chi connectivity index (χ2n) is 9.54.